The van der Waals surface area contributed by atoms with Crippen LogP contribution in [0.3, 0.4) is 0 Å². The molecule has 0 amide bonds. The van der Waals surface area contributed by atoms with Crippen molar-refractivity contribution in [3.05, 3.63) is 0 Å². The van der Waals surface area contributed by atoms with E-state index in [0.29, 0.717) is 23.7 Å². The molecule has 2 aliphatic heterocycles. The van der Waals surface area contributed by atoms with Gasteiger partial charge in [-0.25, -0.2) is 0 Å². The lowest BCUT2D eigenvalue weighted by atomic mass is 9.77. The summed E-state index contributed by atoms with van der Waals surface area (Å²) in [6, 6.07) is 0. The lowest BCUT2D eigenvalue weighted by molar-refractivity contribution is 0.0244. The molecule has 4 nitrogen and oxygen atoms in total. The van der Waals surface area contributed by atoms with Gasteiger partial charge in [-0.1, -0.05) is 38.0 Å². The summed E-state index contributed by atoms with van der Waals surface area (Å²) in [6.45, 7) is 8.93. The van der Waals surface area contributed by atoms with Crippen LogP contribution in [-0.4, -0.2) is 23.6 Å². The van der Waals surface area contributed by atoms with Gasteiger partial charge >= 0.3 is 0 Å². The van der Waals surface area contributed by atoms with Crippen molar-refractivity contribution in [2.24, 2.45) is 39.4 Å². The predicted octanol–water partition coefficient (Wildman–Crippen LogP) is 3.61. The van der Waals surface area contributed by atoms with Crippen molar-refractivity contribution in [2.45, 2.75) is 65.6 Å². The van der Waals surface area contributed by atoms with E-state index in [4.69, 9.17) is 9.68 Å². The summed E-state index contributed by atoms with van der Waals surface area (Å²) in [6.07, 6.45) is 5.29. The summed E-state index contributed by atoms with van der Waals surface area (Å²) in [4.78, 5) is 11.6. The van der Waals surface area contributed by atoms with Crippen molar-refractivity contribution in [2.75, 3.05) is 0 Å². The Kier molecular flexibility index (Phi) is 2.89. The van der Waals surface area contributed by atoms with Crippen molar-refractivity contribution in [1.29, 1.82) is 0 Å². The molecular formula is C17H26N2O2. The maximum atomic E-state index is 5.78. The van der Waals surface area contributed by atoms with Gasteiger partial charge in [-0.15, -0.1) is 0 Å². The maximum Gasteiger partial charge on any atom is 0.138 e. The number of hydrogen-bond donors (Lipinski definition) is 0. The van der Waals surface area contributed by atoms with Crippen LogP contribution in [0.25, 0.3) is 0 Å². The third-order valence-electron chi connectivity index (χ3n) is 6.10. The van der Waals surface area contributed by atoms with Gasteiger partial charge in [0.05, 0.1) is 16.8 Å². The minimum atomic E-state index is 0.0720. The van der Waals surface area contributed by atoms with Gasteiger partial charge in [0.15, 0.2) is 0 Å². The first-order chi connectivity index (χ1) is 10.0. The molecule has 1 unspecified atom stereocenters. The van der Waals surface area contributed by atoms with Gasteiger partial charge in [-0.05, 0) is 37.5 Å². The molecule has 0 radical (unpaired) electrons. The molecule has 0 aromatic carbocycles. The Hall–Kier alpha value is -1.06. The van der Waals surface area contributed by atoms with Gasteiger partial charge in [0.2, 0.25) is 0 Å². The Morgan fingerprint density at radius 1 is 0.857 bits per heavy atom. The summed E-state index contributed by atoms with van der Waals surface area (Å²) in [7, 11) is 0. The molecule has 4 aliphatic rings. The molecule has 0 saturated heterocycles. The molecule has 2 heterocycles. The average molecular weight is 290 g/mol. The van der Waals surface area contributed by atoms with Gasteiger partial charge in [-0.3, -0.25) is 0 Å². The predicted molar refractivity (Wildman–Crippen MR) is 82.2 cm³/mol. The topological polar surface area (TPSA) is 43.2 Å². The minimum Gasteiger partial charge on any atom is -0.392 e. The van der Waals surface area contributed by atoms with Crippen LogP contribution in [0.2, 0.25) is 0 Å². The highest BCUT2D eigenvalue weighted by Gasteiger charge is 2.62. The van der Waals surface area contributed by atoms with Crippen molar-refractivity contribution >= 4 is 11.4 Å². The van der Waals surface area contributed by atoms with E-state index in [1.807, 2.05) is 0 Å². The van der Waals surface area contributed by atoms with E-state index >= 15 is 0 Å². The standard InChI is InChI=1S/C17H26N2O2/c1-9(2)13-11-5-7-17(15(11)18-20-13)8-6-12-14(10(3)4)21-19-16(12)17/h9-14H,5-8H2,1-4H3/t11-,12+,13-,14+,17?. The van der Waals surface area contributed by atoms with Gasteiger partial charge in [0.1, 0.15) is 12.2 Å². The quantitative estimate of drug-likeness (QED) is 0.779. The number of oxime groups is 2. The Bertz CT molecular complexity index is 463. The summed E-state index contributed by atoms with van der Waals surface area (Å²) in [5.74, 6) is 2.05. The van der Waals surface area contributed by atoms with Crippen LogP contribution in [0.4, 0.5) is 0 Å². The number of fused-ring (bicyclic) bond motifs is 4. The van der Waals surface area contributed by atoms with Crippen LogP contribution >= 0.6 is 0 Å². The SMILES string of the molecule is CC(C)[C@H]1ON=C2[C@@H]1CCC21CC[C@@H]2C1=NO[C@H]2C(C)C. The van der Waals surface area contributed by atoms with Gasteiger partial charge < -0.3 is 9.68 Å². The van der Waals surface area contributed by atoms with E-state index in [2.05, 4.69) is 38.0 Å². The molecule has 5 atom stereocenters. The number of hydrogen-bond acceptors (Lipinski definition) is 4. The highest BCUT2D eigenvalue weighted by atomic mass is 16.6. The molecule has 0 aromatic rings. The third kappa shape index (κ3) is 1.68. The molecule has 2 saturated carbocycles. The zero-order chi connectivity index (χ0) is 14.8. The van der Waals surface area contributed by atoms with Crippen LogP contribution in [-0.2, 0) is 9.68 Å². The van der Waals surface area contributed by atoms with Crippen LogP contribution in [0.1, 0.15) is 53.4 Å². The van der Waals surface area contributed by atoms with Gasteiger partial charge in [-0.2, -0.15) is 0 Å². The average Bonchev–Trinajstić information content (AvgIpc) is 3.14. The third-order valence-corrected chi connectivity index (χ3v) is 6.10. The Balaban J connectivity index is 1.63. The summed E-state index contributed by atoms with van der Waals surface area (Å²) < 4.78 is 0. The van der Waals surface area contributed by atoms with Crippen LogP contribution in [0.15, 0.2) is 10.3 Å². The fraction of sp³-hybridized carbons (Fsp3) is 0.882. The van der Waals surface area contributed by atoms with Crippen LogP contribution in [0, 0.1) is 29.1 Å². The molecule has 4 rings (SSSR count). The second kappa shape index (κ2) is 4.47. The van der Waals surface area contributed by atoms with Crippen molar-refractivity contribution in [3.63, 3.8) is 0 Å². The second-order valence-electron chi connectivity index (χ2n) is 7.95. The zero-order valence-electron chi connectivity index (χ0n) is 13.5. The molecule has 0 aromatic heterocycles. The molecule has 2 fully saturated rings. The monoisotopic (exact) mass is 290 g/mol. The highest BCUT2D eigenvalue weighted by Crippen LogP contribution is 2.57. The number of rotatable bonds is 2. The number of nitrogens with zero attached hydrogens (tertiary/aromatic N) is 2. The Morgan fingerprint density at radius 2 is 1.29 bits per heavy atom. The molecule has 0 N–H and O–H groups in total. The normalized spacial score (nSPS) is 43.9. The summed E-state index contributed by atoms with van der Waals surface area (Å²) >= 11 is 0. The summed E-state index contributed by atoms with van der Waals surface area (Å²) in [5.41, 5.74) is 2.65. The molecule has 1 spiro atoms. The van der Waals surface area contributed by atoms with Crippen molar-refractivity contribution in [1.82, 2.24) is 0 Å². The first-order valence-electron chi connectivity index (χ1n) is 8.53. The van der Waals surface area contributed by atoms with Crippen LogP contribution < -0.4 is 0 Å². The van der Waals surface area contributed by atoms with Gasteiger partial charge in [0.25, 0.3) is 0 Å². The largest absolute Gasteiger partial charge is 0.392 e. The Labute approximate surface area is 126 Å². The second-order valence-corrected chi connectivity index (χ2v) is 7.95. The van der Waals surface area contributed by atoms with E-state index in [-0.39, 0.29) is 17.6 Å². The van der Waals surface area contributed by atoms with Crippen LogP contribution in [0.5, 0.6) is 0 Å². The minimum absolute atomic E-state index is 0.0720. The van der Waals surface area contributed by atoms with Crippen molar-refractivity contribution in [3.8, 4) is 0 Å². The first-order valence-corrected chi connectivity index (χ1v) is 8.53. The lowest BCUT2D eigenvalue weighted by Gasteiger charge is -2.23. The molecule has 116 valence electrons. The lowest BCUT2D eigenvalue weighted by Crippen LogP contribution is -2.36. The molecule has 4 heteroatoms. The Morgan fingerprint density at radius 3 is 1.67 bits per heavy atom. The van der Waals surface area contributed by atoms with E-state index in [1.54, 1.807) is 0 Å². The molecule has 21 heavy (non-hydrogen) atoms. The summed E-state index contributed by atoms with van der Waals surface area (Å²) in [5, 5.41) is 9.09. The van der Waals surface area contributed by atoms with Gasteiger partial charge in [0, 0.05) is 11.8 Å². The molecular weight excluding hydrogens is 264 g/mol. The van der Waals surface area contributed by atoms with E-state index in [9.17, 15) is 0 Å². The van der Waals surface area contributed by atoms with E-state index in [0.717, 1.165) is 0 Å². The zero-order valence-corrected chi connectivity index (χ0v) is 13.5. The first kappa shape index (κ1) is 13.6. The van der Waals surface area contributed by atoms with E-state index in [1.165, 1.54) is 37.1 Å². The molecule has 2 aliphatic carbocycles. The molecule has 0 bridgehead atoms. The van der Waals surface area contributed by atoms with Crippen molar-refractivity contribution < 1.29 is 9.68 Å². The highest BCUT2D eigenvalue weighted by molar-refractivity contribution is 6.16. The maximum absolute atomic E-state index is 5.78. The fourth-order valence-electron chi connectivity index (χ4n) is 5.06. The smallest absolute Gasteiger partial charge is 0.138 e. The fourth-order valence-corrected chi connectivity index (χ4v) is 5.06. The van der Waals surface area contributed by atoms with E-state index < -0.39 is 0 Å².